The predicted molar refractivity (Wildman–Crippen MR) is 207 cm³/mol. The number of hydrogen-bond donors (Lipinski definition) is 0. The molecule has 278 valence electrons. The Kier molecular flexibility index (Phi) is 11.7. The Hall–Kier alpha value is -3.81. The lowest BCUT2D eigenvalue weighted by atomic mass is 9.67. The molecule has 1 aliphatic heterocycles. The number of halogens is 1. The van der Waals surface area contributed by atoms with Gasteiger partial charge in [0, 0.05) is 30.6 Å². The molecule has 1 unspecified atom stereocenters. The summed E-state index contributed by atoms with van der Waals surface area (Å²) in [6.07, 6.45) is 8.26. The third-order valence-corrected chi connectivity index (χ3v) is 11.3. The molecule has 0 saturated heterocycles. The van der Waals surface area contributed by atoms with Crippen molar-refractivity contribution in [2.24, 2.45) is 17.8 Å². The van der Waals surface area contributed by atoms with Gasteiger partial charge in [0.1, 0.15) is 11.4 Å². The number of methoxy groups -OCH3 is 1. The van der Waals surface area contributed by atoms with Crippen LogP contribution in [0.25, 0.3) is 0 Å². The van der Waals surface area contributed by atoms with Gasteiger partial charge in [0.25, 0.3) is 0 Å². The first-order valence-electron chi connectivity index (χ1n) is 18.8. The molecule has 3 aliphatic rings. The molecule has 3 aromatic carbocycles. The Morgan fingerprint density at radius 1 is 1.04 bits per heavy atom. The van der Waals surface area contributed by atoms with E-state index in [2.05, 4.69) is 37.0 Å². The molecule has 7 nitrogen and oxygen atoms in total. The van der Waals surface area contributed by atoms with Crippen LogP contribution in [-0.2, 0) is 26.0 Å². The van der Waals surface area contributed by atoms with Crippen molar-refractivity contribution in [2.75, 3.05) is 38.3 Å². The zero-order valence-corrected chi connectivity index (χ0v) is 32.3. The number of fused-ring (bicyclic) bond motifs is 3. The second-order valence-electron chi connectivity index (χ2n) is 16.1. The van der Waals surface area contributed by atoms with Gasteiger partial charge in [-0.15, -0.1) is 0 Å². The van der Waals surface area contributed by atoms with Gasteiger partial charge in [-0.05, 0) is 143 Å². The lowest BCUT2D eigenvalue weighted by molar-refractivity contribution is 0.00592. The average molecular weight is 728 g/mol. The lowest BCUT2D eigenvalue weighted by Crippen LogP contribution is -2.50. The SMILES string of the molecule is CO[C@@H](/C(C)=C/C(C)CCOC(=O)c1ccccc1)[C@@H]1CC[C@H]1CN1C[C@@]2(CCCc3cc(Cl)ccc32)COc2ccc(C(=O)OC(C)(C)C)cc21. The Morgan fingerprint density at radius 2 is 1.83 bits per heavy atom. The fourth-order valence-electron chi connectivity index (χ4n) is 8.40. The molecule has 1 heterocycles. The number of aryl methyl sites for hydroxylation is 1. The molecular weight excluding hydrogens is 674 g/mol. The van der Waals surface area contributed by atoms with Crippen LogP contribution in [0.1, 0.15) is 98.6 Å². The minimum absolute atomic E-state index is 0.0182. The van der Waals surface area contributed by atoms with Gasteiger partial charge in [0.15, 0.2) is 0 Å². The smallest absolute Gasteiger partial charge is 0.338 e. The molecular formula is C44H54ClNO6. The largest absolute Gasteiger partial charge is 0.490 e. The lowest BCUT2D eigenvalue weighted by Gasteiger charge is -2.46. The van der Waals surface area contributed by atoms with E-state index in [1.165, 1.54) is 16.7 Å². The number of carbonyl (C=O) groups is 2. The van der Waals surface area contributed by atoms with Crippen LogP contribution in [0.15, 0.2) is 78.4 Å². The third-order valence-electron chi connectivity index (χ3n) is 11.1. The molecule has 1 spiro atoms. The first-order chi connectivity index (χ1) is 24.9. The van der Waals surface area contributed by atoms with Crippen LogP contribution in [0.3, 0.4) is 0 Å². The molecule has 6 rings (SSSR count). The maximum atomic E-state index is 13.3. The van der Waals surface area contributed by atoms with Crippen molar-refractivity contribution in [3.8, 4) is 5.75 Å². The zero-order valence-electron chi connectivity index (χ0n) is 31.6. The van der Waals surface area contributed by atoms with Crippen molar-refractivity contribution >= 4 is 29.2 Å². The molecule has 8 heteroatoms. The number of ether oxygens (including phenoxy) is 4. The number of rotatable bonds is 11. The van der Waals surface area contributed by atoms with Crippen molar-refractivity contribution in [1.82, 2.24) is 0 Å². The molecule has 1 fully saturated rings. The van der Waals surface area contributed by atoms with E-state index in [4.69, 9.17) is 30.5 Å². The highest BCUT2D eigenvalue weighted by Crippen LogP contribution is 2.47. The van der Waals surface area contributed by atoms with Crippen LogP contribution in [0.5, 0.6) is 5.75 Å². The van der Waals surface area contributed by atoms with E-state index in [1.807, 2.05) is 70.3 Å². The molecule has 3 aromatic rings. The van der Waals surface area contributed by atoms with Gasteiger partial charge in [0.05, 0.1) is 36.1 Å². The second-order valence-corrected chi connectivity index (χ2v) is 16.6. The standard InChI is InChI=1S/C44H54ClNO6/c1-29(20-22-50-41(47)31-11-8-7-9-12-31)23-30(2)40(49-6)36-17-14-34(36)26-46-27-44(21-10-13-32-24-35(45)16-18-37(32)44)28-51-39-19-15-33(25-38(39)46)42(48)52-43(3,4)5/h7-9,11-12,15-16,18-19,23-25,29,34,36,40H,10,13-14,17,20-22,26-28H2,1-6H3/b30-23+/t29?,34-,36+,40-,44-/m0/s1. The molecule has 1 saturated carbocycles. The highest BCUT2D eigenvalue weighted by molar-refractivity contribution is 6.30. The van der Waals surface area contributed by atoms with Crippen molar-refractivity contribution in [1.29, 1.82) is 0 Å². The summed E-state index contributed by atoms with van der Waals surface area (Å²) < 4.78 is 24.3. The summed E-state index contributed by atoms with van der Waals surface area (Å²) in [5, 5.41) is 0.765. The van der Waals surface area contributed by atoms with E-state index in [1.54, 1.807) is 12.1 Å². The predicted octanol–water partition coefficient (Wildman–Crippen LogP) is 9.64. The summed E-state index contributed by atoms with van der Waals surface area (Å²) in [5.41, 5.74) is 5.05. The van der Waals surface area contributed by atoms with Gasteiger partial charge in [-0.1, -0.05) is 48.9 Å². The number of carbonyl (C=O) groups excluding carboxylic acids is 2. The highest BCUT2D eigenvalue weighted by Gasteiger charge is 2.45. The third kappa shape index (κ3) is 8.69. The molecule has 0 bridgehead atoms. The van der Waals surface area contributed by atoms with Crippen molar-refractivity contribution in [3.05, 3.63) is 106 Å². The van der Waals surface area contributed by atoms with Crippen LogP contribution in [0.2, 0.25) is 5.02 Å². The Morgan fingerprint density at radius 3 is 2.54 bits per heavy atom. The highest BCUT2D eigenvalue weighted by atomic mass is 35.5. The van der Waals surface area contributed by atoms with Crippen molar-refractivity contribution in [3.63, 3.8) is 0 Å². The van der Waals surface area contributed by atoms with Crippen molar-refractivity contribution in [2.45, 2.75) is 90.3 Å². The van der Waals surface area contributed by atoms with Gasteiger partial charge >= 0.3 is 11.9 Å². The monoisotopic (exact) mass is 727 g/mol. The van der Waals surface area contributed by atoms with Gasteiger partial charge in [-0.3, -0.25) is 0 Å². The van der Waals surface area contributed by atoms with Crippen LogP contribution in [-0.4, -0.2) is 57.1 Å². The van der Waals surface area contributed by atoms with Gasteiger partial charge in [-0.2, -0.15) is 0 Å². The normalized spacial score (nSPS) is 22.6. The minimum atomic E-state index is -0.596. The van der Waals surface area contributed by atoms with Crippen LogP contribution < -0.4 is 9.64 Å². The zero-order chi connectivity index (χ0) is 37.0. The fraction of sp³-hybridized carbons (Fsp3) is 0.500. The van der Waals surface area contributed by atoms with Gasteiger partial charge in [0.2, 0.25) is 0 Å². The van der Waals surface area contributed by atoms with E-state index >= 15 is 0 Å². The summed E-state index contributed by atoms with van der Waals surface area (Å²) in [5.74, 6) is 1.12. The van der Waals surface area contributed by atoms with Crippen molar-refractivity contribution < 1.29 is 28.5 Å². The van der Waals surface area contributed by atoms with E-state index < -0.39 is 5.60 Å². The Labute approximate surface area is 314 Å². The van der Waals surface area contributed by atoms with E-state index in [0.717, 1.165) is 68.1 Å². The maximum absolute atomic E-state index is 13.3. The number of hydrogen-bond acceptors (Lipinski definition) is 7. The summed E-state index contributed by atoms with van der Waals surface area (Å²) in [6, 6.07) is 21.2. The van der Waals surface area contributed by atoms with Crippen LogP contribution in [0, 0.1) is 17.8 Å². The Balaban J connectivity index is 1.21. The molecule has 0 amide bonds. The first kappa shape index (κ1) is 37.9. The number of anilines is 1. The summed E-state index contributed by atoms with van der Waals surface area (Å²) in [4.78, 5) is 28.2. The van der Waals surface area contributed by atoms with Crippen LogP contribution in [0.4, 0.5) is 5.69 Å². The molecule has 52 heavy (non-hydrogen) atoms. The molecule has 0 radical (unpaired) electrons. The number of esters is 2. The summed E-state index contributed by atoms with van der Waals surface area (Å²) in [6.45, 7) is 12.5. The number of nitrogens with zero attached hydrogens (tertiary/aromatic N) is 1. The molecule has 5 atom stereocenters. The number of benzene rings is 3. The van der Waals surface area contributed by atoms with Gasteiger partial charge < -0.3 is 23.8 Å². The fourth-order valence-corrected chi connectivity index (χ4v) is 8.60. The van der Waals surface area contributed by atoms with Gasteiger partial charge in [-0.25, -0.2) is 9.59 Å². The van der Waals surface area contributed by atoms with Crippen LogP contribution >= 0.6 is 11.6 Å². The van der Waals surface area contributed by atoms with E-state index in [9.17, 15) is 9.59 Å². The maximum Gasteiger partial charge on any atom is 0.338 e. The molecule has 0 N–H and O–H groups in total. The number of allylic oxidation sites excluding steroid dienone is 1. The molecule has 2 aliphatic carbocycles. The second kappa shape index (κ2) is 16.1. The minimum Gasteiger partial charge on any atom is -0.490 e. The topological polar surface area (TPSA) is 74.3 Å². The first-order valence-corrected chi connectivity index (χ1v) is 19.2. The average Bonchev–Trinajstić information content (AvgIpc) is 3.25. The summed E-state index contributed by atoms with van der Waals surface area (Å²) in [7, 11) is 1.81. The summed E-state index contributed by atoms with van der Waals surface area (Å²) >= 11 is 6.48. The quantitative estimate of drug-likeness (QED) is 0.144. The Bertz CT molecular complexity index is 1770. The van der Waals surface area contributed by atoms with E-state index in [0.29, 0.717) is 36.2 Å². The molecule has 0 aromatic heterocycles. The van der Waals surface area contributed by atoms with E-state index in [-0.39, 0.29) is 29.4 Å².